The van der Waals surface area contributed by atoms with E-state index in [0.29, 0.717) is 29.7 Å². The van der Waals surface area contributed by atoms with E-state index in [1.165, 1.54) is 18.4 Å². The Morgan fingerprint density at radius 1 is 1.14 bits per heavy atom. The Morgan fingerprint density at radius 3 is 2.54 bits per heavy atom. The lowest BCUT2D eigenvalue weighted by Gasteiger charge is -2.12. The van der Waals surface area contributed by atoms with E-state index >= 15 is 0 Å². The fourth-order valence-corrected chi connectivity index (χ4v) is 5.13. The van der Waals surface area contributed by atoms with Crippen LogP contribution in [0.5, 0.6) is 0 Å². The highest BCUT2D eigenvalue weighted by atomic mass is 32.1. The van der Waals surface area contributed by atoms with Gasteiger partial charge < -0.3 is 19.1 Å². The number of hydrogen-bond acceptors (Lipinski definition) is 8. The first-order valence-corrected chi connectivity index (χ1v) is 11.9. The summed E-state index contributed by atoms with van der Waals surface area (Å²) in [5, 5.41) is 5.88. The second-order valence-electron chi connectivity index (χ2n) is 7.90. The number of rotatable bonds is 7. The molecule has 2 N–H and O–H groups in total. The molecular formula is C25H23N5O4S. The van der Waals surface area contributed by atoms with Crippen LogP contribution in [0, 0.1) is 6.92 Å². The maximum Gasteiger partial charge on any atom is 0.460 e. The molecule has 0 aliphatic carbocycles. The normalized spacial score (nSPS) is 11.2. The van der Waals surface area contributed by atoms with Gasteiger partial charge in [-0.1, -0.05) is 48.5 Å². The number of ether oxygens (including phenoxy) is 1. The summed E-state index contributed by atoms with van der Waals surface area (Å²) < 4.78 is 11.8. The minimum atomic E-state index is -0.664. The number of benzene rings is 2. The van der Waals surface area contributed by atoms with Crippen LogP contribution in [0.1, 0.15) is 27.0 Å². The van der Waals surface area contributed by atoms with E-state index in [1.54, 1.807) is 0 Å². The van der Waals surface area contributed by atoms with Crippen LogP contribution >= 0.6 is 11.3 Å². The molecule has 0 atom stereocenters. The van der Waals surface area contributed by atoms with Gasteiger partial charge in [0.15, 0.2) is 5.82 Å². The van der Waals surface area contributed by atoms with Gasteiger partial charge in [-0.15, -0.1) is 11.3 Å². The molecule has 0 unspecified atom stereocenters. The highest BCUT2D eigenvalue weighted by molar-refractivity contribution is 7.15. The average molecular weight is 490 g/mol. The van der Waals surface area contributed by atoms with E-state index in [1.807, 2.05) is 66.9 Å². The van der Waals surface area contributed by atoms with Gasteiger partial charge in [0.2, 0.25) is 5.95 Å². The third-order valence-electron chi connectivity index (χ3n) is 5.70. The van der Waals surface area contributed by atoms with Crippen LogP contribution in [0.2, 0.25) is 0 Å². The van der Waals surface area contributed by atoms with Crippen molar-refractivity contribution in [3.63, 3.8) is 0 Å². The monoisotopic (exact) mass is 489 g/mol. The molecule has 0 bridgehead atoms. The summed E-state index contributed by atoms with van der Waals surface area (Å²) in [6.45, 7) is 5.20. The number of methoxy groups -OCH3 is 1. The zero-order chi connectivity index (χ0) is 24.5. The number of hydrogen-bond donors (Lipinski definition) is 2. The number of esters is 1. The van der Waals surface area contributed by atoms with Gasteiger partial charge in [-0.3, -0.25) is 0 Å². The minimum Gasteiger partial charge on any atom is -0.465 e. The molecule has 0 aliphatic heterocycles. The van der Waals surface area contributed by atoms with Crippen molar-refractivity contribution in [3.8, 4) is 22.5 Å². The second kappa shape index (κ2) is 9.22. The van der Waals surface area contributed by atoms with Gasteiger partial charge in [0.05, 0.1) is 19.2 Å². The quantitative estimate of drug-likeness (QED) is 0.319. The zero-order valence-electron chi connectivity index (χ0n) is 19.4. The zero-order valence-corrected chi connectivity index (χ0v) is 20.2. The number of nitrogens with zero attached hydrogens (tertiary/aromatic N) is 3. The van der Waals surface area contributed by atoms with Gasteiger partial charge in [0.1, 0.15) is 10.4 Å². The molecule has 0 radical (unpaired) electrons. The molecular weight excluding hydrogens is 466 g/mol. The summed E-state index contributed by atoms with van der Waals surface area (Å²) in [5.41, 5.74) is 5.28. The summed E-state index contributed by atoms with van der Waals surface area (Å²) >= 11 is 1.40. The van der Waals surface area contributed by atoms with E-state index in [2.05, 4.69) is 15.5 Å². The van der Waals surface area contributed by atoms with Crippen molar-refractivity contribution in [1.82, 2.24) is 19.7 Å². The van der Waals surface area contributed by atoms with Crippen molar-refractivity contribution in [2.75, 3.05) is 19.0 Å². The molecule has 10 heteroatoms. The molecule has 3 heterocycles. The van der Waals surface area contributed by atoms with Crippen molar-refractivity contribution in [1.29, 1.82) is 0 Å². The number of nitrogens with one attached hydrogen (secondary N) is 2. The van der Waals surface area contributed by atoms with Gasteiger partial charge in [-0.2, -0.15) is 10.1 Å². The van der Waals surface area contributed by atoms with Crippen LogP contribution in [0.3, 0.4) is 0 Å². The smallest absolute Gasteiger partial charge is 0.460 e. The summed E-state index contributed by atoms with van der Waals surface area (Å²) in [6, 6.07) is 15.8. The van der Waals surface area contributed by atoms with Crippen LogP contribution in [0.25, 0.3) is 33.5 Å². The molecule has 0 amide bonds. The SMILES string of the molecule is CCNc1nc2c(C)sc(C(=O)OC)c2n1Cc1ccc(-c2ccccc2-c2nc(=O)o[nH]2)cc1. The molecule has 2 aromatic carbocycles. The second-order valence-corrected chi connectivity index (χ2v) is 9.13. The number of aromatic amines is 1. The van der Waals surface area contributed by atoms with Gasteiger partial charge >= 0.3 is 11.7 Å². The number of carbonyl (C=O) groups is 1. The fourth-order valence-electron chi connectivity index (χ4n) is 4.11. The lowest BCUT2D eigenvalue weighted by atomic mass is 9.98. The van der Waals surface area contributed by atoms with E-state index in [4.69, 9.17) is 14.2 Å². The topological polar surface area (TPSA) is 115 Å². The Kier molecular flexibility index (Phi) is 5.96. The highest BCUT2D eigenvalue weighted by Gasteiger charge is 2.23. The summed E-state index contributed by atoms with van der Waals surface area (Å²) in [5.74, 6) is 0.0651. The van der Waals surface area contributed by atoms with E-state index in [-0.39, 0.29) is 5.97 Å². The third-order valence-corrected chi connectivity index (χ3v) is 6.77. The molecule has 3 aromatic heterocycles. The van der Waals surface area contributed by atoms with Crippen LogP contribution in [0.15, 0.2) is 57.8 Å². The van der Waals surface area contributed by atoms with Crippen LogP contribution < -0.4 is 11.1 Å². The number of fused-ring (bicyclic) bond motifs is 1. The lowest BCUT2D eigenvalue weighted by molar-refractivity contribution is 0.0608. The molecule has 0 fully saturated rings. The average Bonchev–Trinajstić information content (AvgIpc) is 3.55. The first kappa shape index (κ1) is 22.6. The third kappa shape index (κ3) is 4.12. The number of H-pyrrole nitrogens is 1. The van der Waals surface area contributed by atoms with Crippen LogP contribution in [-0.2, 0) is 11.3 Å². The molecule has 9 nitrogen and oxygen atoms in total. The van der Waals surface area contributed by atoms with Crippen molar-refractivity contribution in [2.24, 2.45) is 0 Å². The first-order valence-electron chi connectivity index (χ1n) is 11.1. The standard InChI is InChI=1S/C25H23N5O4S/c1-4-26-24-27-19-14(2)35-21(23(31)33-3)20(19)30(24)13-15-9-11-16(12-10-15)17-7-5-6-8-18(17)22-28-25(32)34-29-22/h5-12H,4,13H2,1-3H3,(H,26,27)(H,28,29,32). The Morgan fingerprint density at radius 2 is 1.89 bits per heavy atom. The van der Waals surface area contributed by atoms with E-state index in [0.717, 1.165) is 38.2 Å². The molecule has 0 saturated heterocycles. The molecule has 35 heavy (non-hydrogen) atoms. The van der Waals surface area contributed by atoms with Crippen molar-refractivity contribution in [2.45, 2.75) is 20.4 Å². The molecule has 5 aromatic rings. The molecule has 178 valence electrons. The van der Waals surface area contributed by atoms with Gasteiger partial charge in [-0.05, 0) is 30.5 Å². The number of aromatic nitrogens is 4. The van der Waals surface area contributed by atoms with Crippen LogP contribution in [0.4, 0.5) is 5.95 Å². The Balaban J connectivity index is 1.53. The largest absolute Gasteiger partial charge is 0.465 e. The predicted molar refractivity (Wildman–Crippen MR) is 135 cm³/mol. The number of aryl methyl sites for hydroxylation is 1. The van der Waals surface area contributed by atoms with Gasteiger partial charge in [0.25, 0.3) is 0 Å². The molecule has 5 rings (SSSR count). The molecule has 0 aliphatic rings. The maximum atomic E-state index is 12.5. The Bertz CT molecular complexity index is 1580. The van der Waals surface area contributed by atoms with Gasteiger partial charge in [0, 0.05) is 17.0 Å². The predicted octanol–water partition coefficient (Wildman–Crippen LogP) is 4.68. The van der Waals surface area contributed by atoms with Crippen molar-refractivity contribution < 1.29 is 14.1 Å². The van der Waals surface area contributed by atoms with Gasteiger partial charge in [-0.25, -0.2) is 14.6 Å². The fraction of sp³-hybridized carbons (Fsp3) is 0.200. The number of thiophene rings is 1. The number of imidazole rings is 1. The van der Waals surface area contributed by atoms with Crippen LogP contribution in [-0.4, -0.2) is 39.3 Å². The highest BCUT2D eigenvalue weighted by Crippen LogP contribution is 2.35. The number of carbonyl (C=O) groups excluding carboxylic acids is 1. The maximum absolute atomic E-state index is 12.5. The first-order chi connectivity index (χ1) is 17.0. The Labute approximate surface area is 204 Å². The number of anilines is 1. The summed E-state index contributed by atoms with van der Waals surface area (Å²) in [4.78, 5) is 34.0. The van der Waals surface area contributed by atoms with E-state index < -0.39 is 5.76 Å². The van der Waals surface area contributed by atoms with Crippen molar-refractivity contribution in [3.05, 3.63) is 74.4 Å². The summed E-state index contributed by atoms with van der Waals surface area (Å²) in [6.07, 6.45) is 0. The summed E-state index contributed by atoms with van der Waals surface area (Å²) in [7, 11) is 1.39. The Hall–Kier alpha value is -4.18. The lowest BCUT2D eigenvalue weighted by Crippen LogP contribution is -2.10. The molecule has 0 spiro atoms. The van der Waals surface area contributed by atoms with Crippen molar-refractivity contribution >= 4 is 34.3 Å². The molecule has 0 saturated carbocycles. The van der Waals surface area contributed by atoms with E-state index in [9.17, 15) is 9.59 Å². The minimum absolute atomic E-state index is 0.366.